The maximum Gasteiger partial charge on any atom is 0.187 e. The van der Waals surface area contributed by atoms with Crippen molar-refractivity contribution in [3.8, 4) is 0 Å². The third-order valence-corrected chi connectivity index (χ3v) is 3.82. The van der Waals surface area contributed by atoms with Crippen LogP contribution < -0.4 is 0 Å². The molecule has 0 aliphatic carbocycles. The summed E-state index contributed by atoms with van der Waals surface area (Å²) in [7, 11) is 0. The molecule has 20 heavy (non-hydrogen) atoms. The fourth-order valence-electron chi connectivity index (χ4n) is 2.41. The van der Waals surface area contributed by atoms with Gasteiger partial charge in [-0.05, 0) is 13.8 Å². The molecular formula is C12H22O8. The Bertz CT molecular complexity index is 327. The fourth-order valence-corrected chi connectivity index (χ4v) is 2.41. The summed E-state index contributed by atoms with van der Waals surface area (Å²) in [6.07, 6.45) is -9.75. The van der Waals surface area contributed by atoms with Gasteiger partial charge in [-0.2, -0.15) is 0 Å². The molecule has 2 saturated heterocycles. The van der Waals surface area contributed by atoms with Crippen LogP contribution >= 0.6 is 0 Å². The minimum atomic E-state index is -1.46. The predicted molar refractivity (Wildman–Crippen MR) is 64.7 cm³/mol. The van der Waals surface area contributed by atoms with Crippen molar-refractivity contribution in [2.45, 2.75) is 69.0 Å². The van der Waals surface area contributed by atoms with E-state index in [4.69, 9.17) is 14.2 Å². The van der Waals surface area contributed by atoms with Gasteiger partial charge in [0.1, 0.15) is 36.6 Å². The van der Waals surface area contributed by atoms with Crippen molar-refractivity contribution in [2.24, 2.45) is 0 Å². The third-order valence-electron chi connectivity index (χ3n) is 3.82. The zero-order chi connectivity index (χ0) is 15.0. The minimum absolute atomic E-state index is 0.00594. The average molecular weight is 294 g/mol. The molecule has 0 aromatic heterocycles. The molecule has 9 atom stereocenters. The molecule has 0 radical (unpaired) electrons. The van der Waals surface area contributed by atoms with Crippen molar-refractivity contribution in [3.05, 3.63) is 0 Å². The fraction of sp³-hybridized carbons (Fsp3) is 1.00. The van der Waals surface area contributed by atoms with E-state index >= 15 is 0 Å². The minimum Gasteiger partial charge on any atom is -0.388 e. The van der Waals surface area contributed by atoms with Crippen LogP contribution in [0.3, 0.4) is 0 Å². The summed E-state index contributed by atoms with van der Waals surface area (Å²) in [6, 6.07) is 0. The highest BCUT2D eigenvalue weighted by atomic mass is 16.7. The van der Waals surface area contributed by atoms with Gasteiger partial charge in [-0.1, -0.05) is 0 Å². The summed E-state index contributed by atoms with van der Waals surface area (Å²) in [5.74, 6) is 0. The van der Waals surface area contributed by atoms with E-state index in [2.05, 4.69) is 0 Å². The molecule has 2 aliphatic heterocycles. The van der Waals surface area contributed by atoms with Gasteiger partial charge in [0.2, 0.25) is 0 Å². The van der Waals surface area contributed by atoms with Gasteiger partial charge >= 0.3 is 0 Å². The first-order valence-corrected chi connectivity index (χ1v) is 6.65. The van der Waals surface area contributed by atoms with Crippen molar-refractivity contribution >= 4 is 0 Å². The molecule has 0 aromatic rings. The van der Waals surface area contributed by atoms with Crippen LogP contribution in [0.2, 0.25) is 0 Å². The van der Waals surface area contributed by atoms with E-state index in [0.29, 0.717) is 0 Å². The topological polar surface area (TPSA) is 129 Å². The first kappa shape index (κ1) is 16.1. The second-order valence-electron chi connectivity index (χ2n) is 5.38. The van der Waals surface area contributed by atoms with E-state index in [1.165, 1.54) is 6.92 Å². The normalized spacial score (nSPS) is 53.9. The Morgan fingerprint density at radius 3 is 2.15 bits per heavy atom. The van der Waals surface area contributed by atoms with E-state index < -0.39 is 55.1 Å². The van der Waals surface area contributed by atoms with Crippen LogP contribution in [0.5, 0.6) is 0 Å². The molecule has 8 heteroatoms. The lowest BCUT2D eigenvalue weighted by atomic mass is 9.98. The molecular weight excluding hydrogens is 272 g/mol. The molecule has 2 fully saturated rings. The molecule has 3 unspecified atom stereocenters. The monoisotopic (exact) mass is 294 g/mol. The first-order chi connectivity index (χ1) is 9.32. The molecule has 5 N–H and O–H groups in total. The Balaban J connectivity index is 2.04. The molecule has 118 valence electrons. The van der Waals surface area contributed by atoms with Gasteiger partial charge in [-0.3, -0.25) is 0 Å². The average Bonchev–Trinajstić information content (AvgIpc) is 2.42. The Labute approximate surface area is 116 Å². The zero-order valence-electron chi connectivity index (χ0n) is 11.4. The molecule has 0 saturated carbocycles. The number of aliphatic hydroxyl groups is 5. The molecule has 0 bridgehead atoms. The lowest BCUT2D eigenvalue weighted by molar-refractivity contribution is -0.329. The third kappa shape index (κ3) is 2.97. The van der Waals surface area contributed by atoms with Crippen molar-refractivity contribution in [2.75, 3.05) is 6.61 Å². The summed E-state index contributed by atoms with van der Waals surface area (Å²) in [5, 5.41) is 48.6. The lowest BCUT2D eigenvalue weighted by Crippen LogP contribution is -2.61. The van der Waals surface area contributed by atoms with Gasteiger partial charge in [0, 0.05) is 0 Å². The van der Waals surface area contributed by atoms with Crippen molar-refractivity contribution < 1.29 is 39.7 Å². The predicted octanol–water partition coefficient (Wildman–Crippen LogP) is -2.66. The van der Waals surface area contributed by atoms with Gasteiger partial charge < -0.3 is 39.7 Å². The number of hydrogen-bond donors (Lipinski definition) is 5. The van der Waals surface area contributed by atoms with Crippen LogP contribution in [-0.4, -0.2) is 87.3 Å². The zero-order valence-corrected chi connectivity index (χ0v) is 11.4. The molecule has 2 aliphatic rings. The first-order valence-electron chi connectivity index (χ1n) is 6.65. The number of ether oxygens (including phenoxy) is 3. The number of rotatable bonds is 2. The summed E-state index contributed by atoms with van der Waals surface area (Å²) < 4.78 is 16.0. The Hall–Kier alpha value is -0.320. The molecule has 0 spiro atoms. The van der Waals surface area contributed by atoms with Crippen LogP contribution in [0.25, 0.3) is 0 Å². The van der Waals surface area contributed by atoms with Crippen molar-refractivity contribution in [1.29, 1.82) is 0 Å². The SMILES string of the molecule is CC1O[C@@H](O[C@H]2[C@H](C)OCC(O)[C@H]2O)[C@@H](O)[C@@H](O)C1O. The molecule has 2 heterocycles. The Kier molecular flexibility index (Phi) is 4.98. The maximum absolute atomic E-state index is 9.90. The van der Waals surface area contributed by atoms with Crippen molar-refractivity contribution in [3.63, 3.8) is 0 Å². The van der Waals surface area contributed by atoms with E-state index in [1.54, 1.807) is 6.92 Å². The number of hydrogen-bond acceptors (Lipinski definition) is 8. The van der Waals surface area contributed by atoms with Gasteiger partial charge in [-0.15, -0.1) is 0 Å². The van der Waals surface area contributed by atoms with Crippen LogP contribution in [0, 0.1) is 0 Å². The molecule has 0 aromatic carbocycles. The van der Waals surface area contributed by atoms with E-state index in [1.807, 2.05) is 0 Å². The highest BCUT2D eigenvalue weighted by molar-refractivity contribution is 4.91. The standard InChI is InChI=1S/C12H22O8/c1-4-7(14)9(16)10(17)12(19-4)20-11-5(2)18-3-6(13)8(11)15/h4-17H,3H2,1-2H3/t4?,5-,6?,7?,8+,9-,10-,11-,12-/m0/s1. The summed E-state index contributed by atoms with van der Waals surface area (Å²) in [5.41, 5.74) is 0. The van der Waals surface area contributed by atoms with Gasteiger partial charge in [0.15, 0.2) is 6.29 Å². The van der Waals surface area contributed by atoms with Gasteiger partial charge in [0.05, 0.1) is 18.8 Å². The molecule has 8 nitrogen and oxygen atoms in total. The second kappa shape index (κ2) is 6.20. The molecule has 0 amide bonds. The Morgan fingerprint density at radius 2 is 1.50 bits per heavy atom. The van der Waals surface area contributed by atoms with Crippen LogP contribution in [0.4, 0.5) is 0 Å². The maximum atomic E-state index is 9.90. The van der Waals surface area contributed by atoms with Crippen LogP contribution in [0.15, 0.2) is 0 Å². The van der Waals surface area contributed by atoms with E-state index in [-0.39, 0.29) is 6.61 Å². The van der Waals surface area contributed by atoms with Crippen LogP contribution in [0.1, 0.15) is 13.8 Å². The highest BCUT2D eigenvalue weighted by Crippen LogP contribution is 2.26. The van der Waals surface area contributed by atoms with Crippen molar-refractivity contribution in [1.82, 2.24) is 0 Å². The largest absolute Gasteiger partial charge is 0.388 e. The van der Waals surface area contributed by atoms with Gasteiger partial charge in [0.25, 0.3) is 0 Å². The second-order valence-corrected chi connectivity index (χ2v) is 5.38. The van der Waals surface area contributed by atoms with Crippen LogP contribution in [-0.2, 0) is 14.2 Å². The quantitative estimate of drug-likeness (QED) is 0.373. The van der Waals surface area contributed by atoms with E-state index in [0.717, 1.165) is 0 Å². The highest BCUT2D eigenvalue weighted by Gasteiger charge is 2.46. The smallest absolute Gasteiger partial charge is 0.187 e. The Morgan fingerprint density at radius 1 is 0.850 bits per heavy atom. The number of aliphatic hydroxyl groups excluding tert-OH is 5. The van der Waals surface area contributed by atoms with Gasteiger partial charge in [-0.25, -0.2) is 0 Å². The summed E-state index contributed by atoms with van der Waals surface area (Å²) in [4.78, 5) is 0. The summed E-state index contributed by atoms with van der Waals surface area (Å²) >= 11 is 0. The van der Waals surface area contributed by atoms with E-state index in [9.17, 15) is 25.5 Å². The summed E-state index contributed by atoms with van der Waals surface area (Å²) in [6.45, 7) is 3.18. The molecule has 2 rings (SSSR count). The lowest BCUT2D eigenvalue weighted by Gasteiger charge is -2.43.